The average Bonchev–Trinajstić information content (AvgIpc) is 3.36. The van der Waals surface area contributed by atoms with Gasteiger partial charge >= 0.3 is 0 Å². The van der Waals surface area contributed by atoms with Crippen molar-refractivity contribution in [3.63, 3.8) is 0 Å². The molecule has 37 heavy (non-hydrogen) atoms. The molecule has 7 nitrogen and oxygen atoms in total. The van der Waals surface area contributed by atoms with Crippen LogP contribution in [0.2, 0.25) is 0 Å². The number of nitrogens with zero attached hydrogens (tertiary/aromatic N) is 1. The molecule has 0 saturated carbocycles. The number of hydrogen-bond acceptors (Lipinski definition) is 4. The number of likely N-dealkylation sites (tertiary alicyclic amines) is 1. The van der Waals surface area contributed by atoms with Crippen LogP contribution in [-0.2, 0) is 14.4 Å². The van der Waals surface area contributed by atoms with Crippen LogP contribution in [0, 0.1) is 5.92 Å². The molecule has 0 aromatic rings. The number of amides is 3. The lowest BCUT2D eigenvalue weighted by atomic mass is 10.0. The Labute approximate surface area is 227 Å². The molecule has 1 saturated heterocycles. The summed E-state index contributed by atoms with van der Waals surface area (Å²) in [5, 5.41) is 8.94. The highest BCUT2D eigenvalue weighted by Crippen LogP contribution is 2.21. The van der Waals surface area contributed by atoms with Crippen LogP contribution >= 0.6 is 0 Å². The fourth-order valence-electron chi connectivity index (χ4n) is 5.19. The first-order chi connectivity index (χ1) is 17.9. The first-order valence-electron chi connectivity index (χ1n) is 15.4. The molecule has 216 valence electrons. The lowest BCUT2D eigenvalue weighted by Crippen LogP contribution is -2.54. The molecule has 1 rings (SSSR count). The molecule has 0 spiro atoms. The summed E-state index contributed by atoms with van der Waals surface area (Å²) in [6.07, 6.45) is 19.1. The van der Waals surface area contributed by atoms with Crippen LogP contribution in [-0.4, -0.2) is 61.4 Å². The predicted octanol–water partition coefficient (Wildman–Crippen LogP) is 5.33. The van der Waals surface area contributed by atoms with Gasteiger partial charge in [0.05, 0.1) is 0 Å². The summed E-state index contributed by atoms with van der Waals surface area (Å²) < 4.78 is 0. The number of nitrogens with one attached hydrogen (secondary N) is 3. The van der Waals surface area contributed by atoms with Gasteiger partial charge in [0.1, 0.15) is 12.1 Å². The van der Waals surface area contributed by atoms with Gasteiger partial charge in [0.2, 0.25) is 17.7 Å². The predicted molar refractivity (Wildman–Crippen MR) is 153 cm³/mol. The smallest absolute Gasteiger partial charge is 0.245 e. The van der Waals surface area contributed by atoms with Crippen molar-refractivity contribution in [3.05, 3.63) is 0 Å². The normalized spacial score (nSPS) is 16.2. The first-order valence-corrected chi connectivity index (χ1v) is 15.4. The second-order valence-electron chi connectivity index (χ2n) is 11.3. The van der Waals surface area contributed by atoms with Crippen molar-refractivity contribution >= 4 is 17.7 Å². The topological polar surface area (TPSA) is 90.5 Å². The zero-order chi connectivity index (χ0) is 27.3. The summed E-state index contributed by atoms with van der Waals surface area (Å²) in [5.41, 5.74) is 0. The van der Waals surface area contributed by atoms with Crippen molar-refractivity contribution < 1.29 is 14.4 Å². The maximum Gasteiger partial charge on any atom is 0.245 e. The zero-order valence-electron chi connectivity index (χ0n) is 24.5. The molecule has 1 fully saturated rings. The van der Waals surface area contributed by atoms with E-state index in [4.69, 9.17) is 0 Å². The quantitative estimate of drug-likeness (QED) is 0.168. The van der Waals surface area contributed by atoms with E-state index >= 15 is 0 Å². The number of unbranched alkanes of at least 4 members (excludes halogenated alkanes) is 12. The van der Waals surface area contributed by atoms with Crippen LogP contribution in [0.3, 0.4) is 0 Å². The Hall–Kier alpha value is -1.63. The molecule has 1 aliphatic heterocycles. The summed E-state index contributed by atoms with van der Waals surface area (Å²) >= 11 is 0. The molecular weight excluding hydrogens is 464 g/mol. The molecule has 2 unspecified atom stereocenters. The molecule has 0 aromatic heterocycles. The molecule has 0 aliphatic carbocycles. The summed E-state index contributed by atoms with van der Waals surface area (Å²) in [5.74, 6) is 0.0220. The Morgan fingerprint density at radius 3 is 1.95 bits per heavy atom. The van der Waals surface area contributed by atoms with Gasteiger partial charge in [-0.1, -0.05) is 97.8 Å². The lowest BCUT2D eigenvalue weighted by Gasteiger charge is -2.29. The summed E-state index contributed by atoms with van der Waals surface area (Å²) in [7, 11) is 1.84. The SMILES string of the molecule is CCCCCCCCCCCCCCCC(=O)NC(CC(C)C)C(=O)N1CCCC1C(=O)NCCNC. The molecule has 0 radical (unpaired) electrons. The number of carbonyl (C=O) groups is 3. The minimum absolute atomic E-state index is 0.0451. The van der Waals surface area contributed by atoms with Crippen LogP contribution in [0.25, 0.3) is 0 Å². The molecule has 0 bridgehead atoms. The van der Waals surface area contributed by atoms with Gasteiger partial charge in [-0.2, -0.15) is 0 Å². The van der Waals surface area contributed by atoms with Crippen LogP contribution in [0.5, 0.6) is 0 Å². The third-order valence-corrected chi connectivity index (χ3v) is 7.36. The molecular formula is C30H58N4O3. The lowest BCUT2D eigenvalue weighted by molar-refractivity contribution is -0.141. The molecule has 0 aromatic carbocycles. The number of likely N-dealkylation sites (N-methyl/N-ethyl adjacent to an activating group) is 1. The van der Waals surface area contributed by atoms with Gasteiger partial charge in [-0.3, -0.25) is 14.4 Å². The molecule has 1 heterocycles. The monoisotopic (exact) mass is 522 g/mol. The van der Waals surface area contributed by atoms with Gasteiger partial charge < -0.3 is 20.9 Å². The van der Waals surface area contributed by atoms with Gasteiger partial charge in [-0.25, -0.2) is 0 Å². The highest BCUT2D eigenvalue weighted by atomic mass is 16.2. The summed E-state index contributed by atoms with van der Waals surface area (Å²) in [6, 6.07) is -0.989. The van der Waals surface area contributed by atoms with E-state index in [2.05, 4.69) is 36.7 Å². The van der Waals surface area contributed by atoms with E-state index in [1.54, 1.807) is 4.90 Å². The van der Waals surface area contributed by atoms with Crippen molar-refractivity contribution in [2.75, 3.05) is 26.7 Å². The van der Waals surface area contributed by atoms with E-state index in [-0.39, 0.29) is 23.6 Å². The first kappa shape index (κ1) is 33.4. The van der Waals surface area contributed by atoms with Crippen molar-refractivity contribution in [1.82, 2.24) is 20.9 Å². The molecule has 3 amide bonds. The Bertz CT molecular complexity index is 626. The van der Waals surface area contributed by atoms with Crippen LogP contribution in [0.1, 0.15) is 130 Å². The van der Waals surface area contributed by atoms with Gasteiger partial charge in [0.15, 0.2) is 0 Å². The van der Waals surface area contributed by atoms with Crippen molar-refractivity contribution in [2.45, 2.75) is 142 Å². The number of carbonyl (C=O) groups excluding carboxylic acids is 3. The van der Waals surface area contributed by atoms with E-state index in [1.165, 1.54) is 70.6 Å². The van der Waals surface area contributed by atoms with Crippen LogP contribution < -0.4 is 16.0 Å². The minimum Gasteiger partial charge on any atom is -0.353 e. The Morgan fingerprint density at radius 1 is 0.838 bits per heavy atom. The van der Waals surface area contributed by atoms with Crippen molar-refractivity contribution in [2.24, 2.45) is 5.92 Å². The Kier molecular flexibility index (Phi) is 19.2. The van der Waals surface area contributed by atoms with Gasteiger partial charge in [0.25, 0.3) is 0 Å². The molecule has 1 aliphatic rings. The van der Waals surface area contributed by atoms with Gasteiger partial charge in [-0.15, -0.1) is 0 Å². The average molecular weight is 523 g/mol. The summed E-state index contributed by atoms with van der Waals surface area (Å²) in [4.78, 5) is 40.4. The van der Waals surface area contributed by atoms with Crippen molar-refractivity contribution in [1.29, 1.82) is 0 Å². The van der Waals surface area contributed by atoms with Gasteiger partial charge in [-0.05, 0) is 38.6 Å². The third kappa shape index (κ3) is 15.4. The van der Waals surface area contributed by atoms with E-state index in [0.717, 1.165) is 19.3 Å². The Morgan fingerprint density at radius 2 is 1.41 bits per heavy atom. The highest BCUT2D eigenvalue weighted by molar-refractivity contribution is 5.92. The maximum atomic E-state index is 13.4. The number of rotatable bonds is 22. The minimum atomic E-state index is -0.555. The van der Waals surface area contributed by atoms with Crippen LogP contribution in [0.15, 0.2) is 0 Å². The molecule has 3 N–H and O–H groups in total. The Balaban J connectivity index is 2.30. The second-order valence-corrected chi connectivity index (χ2v) is 11.3. The number of hydrogen-bond donors (Lipinski definition) is 3. The molecule has 7 heteroatoms. The molecule has 2 atom stereocenters. The van der Waals surface area contributed by atoms with Crippen molar-refractivity contribution in [3.8, 4) is 0 Å². The fraction of sp³-hybridized carbons (Fsp3) is 0.900. The van der Waals surface area contributed by atoms with Gasteiger partial charge in [0, 0.05) is 26.1 Å². The van der Waals surface area contributed by atoms with E-state index < -0.39 is 12.1 Å². The van der Waals surface area contributed by atoms with E-state index in [9.17, 15) is 14.4 Å². The van der Waals surface area contributed by atoms with E-state index in [1.807, 2.05) is 7.05 Å². The highest BCUT2D eigenvalue weighted by Gasteiger charge is 2.37. The maximum absolute atomic E-state index is 13.4. The second kappa shape index (κ2) is 21.3. The zero-order valence-corrected chi connectivity index (χ0v) is 24.5. The van der Waals surface area contributed by atoms with Crippen LogP contribution in [0.4, 0.5) is 0 Å². The third-order valence-electron chi connectivity index (χ3n) is 7.36. The largest absolute Gasteiger partial charge is 0.353 e. The van der Waals surface area contributed by atoms with E-state index in [0.29, 0.717) is 38.9 Å². The fourth-order valence-corrected chi connectivity index (χ4v) is 5.19. The standard InChI is InChI=1S/C30H58N4O3/c1-5-6-7-8-9-10-11-12-13-14-15-16-17-20-28(35)33-26(24-25(2)3)30(37)34-23-18-19-27(34)29(36)32-22-21-31-4/h25-27,31H,5-24H2,1-4H3,(H,32,36)(H,33,35). The summed E-state index contributed by atoms with van der Waals surface area (Å²) in [6.45, 7) is 8.19.